The Balaban J connectivity index is 1.57. The second kappa shape index (κ2) is 10.2. The molecule has 3 aromatic carbocycles. The van der Waals surface area contributed by atoms with Crippen LogP contribution in [0.5, 0.6) is 28.7 Å². The normalized spacial score (nSPS) is 10.5. The molecule has 0 saturated carbocycles. The van der Waals surface area contributed by atoms with Crippen LogP contribution >= 0.6 is 0 Å². The Bertz CT molecular complexity index is 1360. The van der Waals surface area contributed by atoms with Gasteiger partial charge in [-0.3, -0.25) is 9.88 Å². The first-order valence-corrected chi connectivity index (χ1v) is 10.6. The van der Waals surface area contributed by atoms with E-state index in [0.29, 0.717) is 45.6 Å². The van der Waals surface area contributed by atoms with E-state index in [1.54, 1.807) is 63.9 Å². The van der Waals surface area contributed by atoms with Crippen LogP contribution in [0.2, 0.25) is 0 Å². The highest BCUT2D eigenvalue weighted by Crippen LogP contribution is 2.38. The van der Waals surface area contributed by atoms with Gasteiger partial charge < -0.3 is 24.3 Å². The molecule has 1 N–H and O–H groups in total. The Hall–Kier alpha value is -4.53. The Labute approximate surface area is 201 Å². The minimum absolute atomic E-state index is 0.376. The lowest BCUT2D eigenvalue weighted by atomic mass is 10.2. The average molecular weight is 477 g/mol. The molecule has 0 fully saturated rings. The van der Waals surface area contributed by atoms with Crippen LogP contribution < -0.4 is 29.2 Å². The third-order valence-electron chi connectivity index (χ3n) is 5.37. The fraction of sp³-hybridized carbons (Fsp3) is 0.154. The van der Waals surface area contributed by atoms with Crippen molar-refractivity contribution in [2.45, 2.75) is 0 Å². The van der Waals surface area contributed by atoms with Crippen molar-refractivity contribution in [3.8, 4) is 28.7 Å². The van der Waals surface area contributed by atoms with Crippen LogP contribution in [0.25, 0.3) is 10.9 Å². The second-order valence-corrected chi connectivity index (χ2v) is 7.46. The van der Waals surface area contributed by atoms with E-state index >= 15 is 0 Å². The monoisotopic (exact) mass is 477 g/mol. The summed E-state index contributed by atoms with van der Waals surface area (Å²) < 4.78 is 35.5. The fourth-order valence-corrected chi connectivity index (χ4v) is 3.48. The van der Waals surface area contributed by atoms with Gasteiger partial charge >= 0.3 is 6.03 Å². The van der Waals surface area contributed by atoms with E-state index in [4.69, 9.17) is 18.9 Å². The smallest absolute Gasteiger partial charge is 0.326 e. The molecule has 2 amide bonds. The van der Waals surface area contributed by atoms with Crippen molar-refractivity contribution in [1.29, 1.82) is 0 Å². The third-order valence-corrected chi connectivity index (χ3v) is 5.37. The Morgan fingerprint density at radius 2 is 1.54 bits per heavy atom. The standard InChI is InChI=1S/C26H24FN3O5/c1-30(17-7-5-16(27)6-8-17)26(31)29-20-10-9-18(13-23(20)32-2)35-22-11-12-28-21-15-25(34-4)24(33-3)14-19(21)22/h5-15H,1-4H3,(H,29,31). The van der Waals surface area contributed by atoms with Gasteiger partial charge in [0, 0.05) is 36.5 Å². The van der Waals surface area contributed by atoms with Gasteiger partial charge in [-0.1, -0.05) is 0 Å². The summed E-state index contributed by atoms with van der Waals surface area (Å²) in [5.41, 5.74) is 1.67. The molecule has 0 aliphatic carbocycles. The van der Waals surface area contributed by atoms with Crippen molar-refractivity contribution in [2.24, 2.45) is 0 Å². The number of hydrogen-bond acceptors (Lipinski definition) is 6. The van der Waals surface area contributed by atoms with E-state index in [9.17, 15) is 9.18 Å². The minimum Gasteiger partial charge on any atom is -0.494 e. The molecule has 0 atom stereocenters. The van der Waals surface area contributed by atoms with Crippen LogP contribution in [-0.2, 0) is 0 Å². The number of anilines is 2. The molecule has 0 bridgehead atoms. The van der Waals surface area contributed by atoms with Gasteiger partial charge in [-0.25, -0.2) is 9.18 Å². The zero-order valence-electron chi connectivity index (χ0n) is 19.7. The number of carbonyl (C=O) groups excluding carboxylic acids is 1. The van der Waals surface area contributed by atoms with E-state index in [-0.39, 0.29) is 5.82 Å². The van der Waals surface area contributed by atoms with E-state index in [0.717, 1.165) is 5.39 Å². The molecule has 0 aliphatic heterocycles. The van der Waals surface area contributed by atoms with E-state index in [1.807, 2.05) is 0 Å². The van der Waals surface area contributed by atoms with Crippen LogP contribution in [-0.4, -0.2) is 39.4 Å². The Morgan fingerprint density at radius 1 is 0.857 bits per heavy atom. The predicted molar refractivity (Wildman–Crippen MR) is 132 cm³/mol. The average Bonchev–Trinajstić information content (AvgIpc) is 2.88. The lowest BCUT2D eigenvalue weighted by Crippen LogP contribution is -2.31. The Kier molecular flexibility index (Phi) is 6.86. The largest absolute Gasteiger partial charge is 0.494 e. The number of nitrogens with zero attached hydrogens (tertiary/aromatic N) is 2. The van der Waals surface area contributed by atoms with Gasteiger partial charge in [-0.15, -0.1) is 0 Å². The number of fused-ring (bicyclic) bond motifs is 1. The maximum atomic E-state index is 13.2. The number of ether oxygens (including phenoxy) is 4. The highest BCUT2D eigenvalue weighted by molar-refractivity contribution is 6.02. The minimum atomic E-state index is -0.412. The molecule has 4 aromatic rings. The molecule has 0 aliphatic rings. The van der Waals surface area contributed by atoms with Crippen LogP contribution in [0.4, 0.5) is 20.6 Å². The fourth-order valence-electron chi connectivity index (χ4n) is 3.48. The molecule has 1 aromatic heterocycles. The Morgan fingerprint density at radius 3 is 2.23 bits per heavy atom. The summed E-state index contributed by atoms with van der Waals surface area (Å²) in [4.78, 5) is 18.5. The van der Waals surface area contributed by atoms with E-state index in [2.05, 4.69) is 10.3 Å². The molecule has 1 heterocycles. The maximum Gasteiger partial charge on any atom is 0.326 e. The van der Waals surface area contributed by atoms with Gasteiger partial charge in [-0.2, -0.15) is 0 Å². The number of rotatable bonds is 7. The number of aromatic nitrogens is 1. The van der Waals surface area contributed by atoms with Gasteiger partial charge in [0.1, 0.15) is 23.1 Å². The summed E-state index contributed by atoms with van der Waals surface area (Å²) in [5.74, 6) is 2.20. The lowest BCUT2D eigenvalue weighted by Gasteiger charge is -2.19. The number of halogens is 1. The molecule has 4 rings (SSSR count). The molecular formula is C26H24FN3O5. The topological polar surface area (TPSA) is 82.1 Å². The van der Waals surface area contributed by atoms with Crippen molar-refractivity contribution in [3.63, 3.8) is 0 Å². The lowest BCUT2D eigenvalue weighted by molar-refractivity contribution is 0.258. The molecule has 0 saturated heterocycles. The van der Waals surface area contributed by atoms with E-state index < -0.39 is 6.03 Å². The molecule has 180 valence electrons. The van der Waals surface area contributed by atoms with Crippen LogP contribution in [0.1, 0.15) is 0 Å². The highest BCUT2D eigenvalue weighted by atomic mass is 19.1. The van der Waals surface area contributed by atoms with Gasteiger partial charge in [0.05, 0.1) is 32.5 Å². The molecular weight excluding hydrogens is 453 g/mol. The van der Waals surface area contributed by atoms with Crippen LogP contribution in [0.15, 0.2) is 66.9 Å². The van der Waals surface area contributed by atoms with Crippen LogP contribution in [0, 0.1) is 5.82 Å². The van der Waals surface area contributed by atoms with Crippen molar-refractivity contribution in [2.75, 3.05) is 38.6 Å². The van der Waals surface area contributed by atoms with Gasteiger partial charge in [0.25, 0.3) is 0 Å². The van der Waals surface area contributed by atoms with Gasteiger partial charge in [-0.05, 0) is 48.5 Å². The summed E-state index contributed by atoms with van der Waals surface area (Å²) in [6.07, 6.45) is 1.64. The zero-order chi connectivity index (χ0) is 24.9. The molecule has 35 heavy (non-hydrogen) atoms. The first-order chi connectivity index (χ1) is 16.9. The summed E-state index contributed by atoms with van der Waals surface area (Å²) >= 11 is 0. The number of pyridine rings is 1. The number of methoxy groups -OCH3 is 3. The number of hydrogen-bond donors (Lipinski definition) is 1. The van der Waals surface area contributed by atoms with E-state index in [1.165, 1.54) is 36.3 Å². The van der Waals surface area contributed by atoms with Crippen molar-refractivity contribution in [1.82, 2.24) is 4.98 Å². The van der Waals surface area contributed by atoms with Crippen molar-refractivity contribution < 1.29 is 28.1 Å². The summed E-state index contributed by atoms with van der Waals surface area (Å²) in [5, 5.41) is 3.53. The van der Waals surface area contributed by atoms with Crippen molar-refractivity contribution in [3.05, 3.63) is 72.7 Å². The predicted octanol–water partition coefficient (Wildman–Crippen LogP) is 5.86. The van der Waals surface area contributed by atoms with Crippen molar-refractivity contribution >= 4 is 28.3 Å². The molecule has 0 spiro atoms. The highest BCUT2D eigenvalue weighted by Gasteiger charge is 2.16. The summed E-state index contributed by atoms with van der Waals surface area (Å²) in [7, 11) is 6.21. The maximum absolute atomic E-state index is 13.2. The van der Waals surface area contributed by atoms with Crippen LogP contribution in [0.3, 0.4) is 0 Å². The quantitative estimate of drug-likeness (QED) is 0.359. The number of benzene rings is 3. The van der Waals surface area contributed by atoms with Gasteiger partial charge in [0.15, 0.2) is 11.5 Å². The number of urea groups is 1. The molecule has 9 heteroatoms. The number of nitrogens with one attached hydrogen (secondary N) is 1. The zero-order valence-corrected chi connectivity index (χ0v) is 19.7. The third kappa shape index (κ3) is 5.03. The first-order valence-electron chi connectivity index (χ1n) is 10.6. The van der Waals surface area contributed by atoms with Gasteiger partial charge in [0.2, 0.25) is 0 Å². The molecule has 0 radical (unpaired) electrons. The molecule has 0 unspecified atom stereocenters. The second-order valence-electron chi connectivity index (χ2n) is 7.46. The SMILES string of the molecule is COc1cc(Oc2ccnc3cc(OC)c(OC)cc23)ccc1NC(=O)N(C)c1ccc(F)cc1. The summed E-state index contributed by atoms with van der Waals surface area (Å²) in [6, 6.07) is 15.6. The molecule has 8 nitrogen and oxygen atoms in total. The summed E-state index contributed by atoms with van der Waals surface area (Å²) in [6.45, 7) is 0. The number of amides is 2. The first kappa shape index (κ1) is 23.6. The number of carbonyl (C=O) groups is 1.